The van der Waals surface area contributed by atoms with Crippen molar-refractivity contribution in [2.45, 2.75) is 290 Å². The highest BCUT2D eigenvalue weighted by Gasteiger charge is 2.19. The van der Waals surface area contributed by atoms with Crippen LogP contribution in [0.1, 0.15) is 284 Å². The summed E-state index contributed by atoms with van der Waals surface area (Å²) in [5.41, 5.74) is 0. The number of carbonyl (C=O) groups excluding carboxylic acids is 3. The molecule has 1 atom stereocenters. The van der Waals surface area contributed by atoms with Gasteiger partial charge in [-0.3, -0.25) is 14.4 Å². The van der Waals surface area contributed by atoms with Crippen molar-refractivity contribution in [3.8, 4) is 0 Å². The molecule has 0 saturated heterocycles. The molecule has 0 radical (unpaired) electrons. The third-order valence-electron chi connectivity index (χ3n) is 11.9. The lowest BCUT2D eigenvalue weighted by Gasteiger charge is -2.18. The van der Waals surface area contributed by atoms with Gasteiger partial charge in [0.15, 0.2) is 6.10 Å². The molecule has 0 amide bonds. The molecule has 1 unspecified atom stereocenters. The van der Waals surface area contributed by atoms with Gasteiger partial charge in [-0.15, -0.1) is 0 Å². The smallest absolute Gasteiger partial charge is 0.306 e. The Kier molecular flexibility index (Phi) is 49.3. The number of carbonyl (C=O) groups is 3. The molecule has 6 heteroatoms. The summed E-state index contributed by atoms with van der Waals surface area (Å²) in [5.74, 6) is -0.877. The van der Waals surface area contributed by atoms with Gasteiger partial charge in [-0.25, -0.2) is 0 Å². The second-order valence-electron chi connectivity index (χ2n) is 18.1. The summed E-state index contributed by atoms with van der Waals surface area (Å²) in [5, 5.41) is 0. The summed E-state index contributed by atoms with van der Waals surface area (Å²) in [4.78, 5) is 38.0. The van der Waals surface area contributed by atoms with Crippen molar-refractivity contribution in [3.63, 3.8) is 0 Å². The number of allylic oxidation sites excluding steroid dienone is 6. The van der Waals surface area contributed by atoms with E-state index in [1.807, 2.05) is 0 Å². The molecule has 0 aliphatic heterocycles. The van der Waals surface area contributed by atoms with Gasteiger partial charge in [0, 0.05) is 19.3 Å². The molecule has 0 aliphatic carbocycles. The Hall–Kier alpha value is -2.37. The second kappa shape index (κ2) is 51.3. The average molecular weight is 871 g/mol. The maximum absolute atomic E-state index is 12.8. The molecule has 0 aromatic rings. The van der Waals surface area contributed by atoms with Crippen LogP contribution in [0.5, 0.6) is 0 Å². The van der Waals surface area contributed by atoms with Crippen LogP contribution in [-0.2, 0) is 28.6 Å². The van der Waals surface area contributed by atoms with E-state index in [-0.39, 0.29) is 31.1 Å². The minimum Gasteiger partial charge on any atom is -0.462 e. The maximum atomic E-state index is 12.8. The first-order valence-electron chi connectivity index (χ1n) is 27.0. The molecular weight excluding hydrogens is 769 g/mol. The Morgan fingerprint density at radius 1 is 0.323 bits per heavy atom. The van der Waals surface area contributed by atoms with E-state index in [1.54, 1.807) is 0 Å². The molecule has 0 N–H and O–H groups in total. The van der Waals surface area contributed by atoms with Crippen molar-refractivity contribution in [2.75, 3.05) is 13.2 Å². The Labute approximate surface area is 385 Å². The van der Waals surface area contributed by atoms with Crippen molar-refractivity contribution in [2.24, 2.45) is 0 Å². The minimum atomic E-state index is -0.774. The Bertz CT molecular complexity index is 1050. The SMILES string of the molecule is CCCCC/C=C\C/C=C\CCCCCCCCCCCC(=O)OCC(COC(=O)CCCCCCCCCCCC)OC(=O)CCCCCCC/C=C\CCCCCCCC. The van der Waals surface area contributed by atoms with Gasteiger partial charge in [-0.1, -0.05) is 224 Å². The summed E-state index contributed by atoms with van der Waals surface area (Å²) >= 11 is 0. The van der Waals surface area contributed by atoms with Crippen LogP contribution < -0.4 is 0 Å². The van der Waals surface area contributed by atoms with E-state index in [1.165, 1.54) is 173 Å². The van der Waals surface area contributed by atoms with Crippen LogP contribution in [-0.4, -0.2) is 37.2 Å². The highest BCUT2D eigenvalue weighted by molar-refractivity contribution is 5.71. The van der Waals surface area contributed by atoms with Gasteiger partial charge >= 0.3 is 17.9 Å². The van der Waals surface area contributed by atoms with Gasteiger partial charge in [0.25, 0.3) is 0 Å². The topological polar surface area (TPSA) is 78.9 Å². The van der Waals surface area contributed by atoms with Crippen LogP contribution in [0, 0.1) is 0 Å². The standard InChI is InChI=1S/C56H102O6/c1-4-7-10-13-16-19-22-24-26-27-28-29-31-32-34-37-40-43-46-49-55(58)61-52-53(51-60-54(57)48-45-42-39-36-21-18-15-12-9-6-3)62-56(59)50-47-44-41-38-35-33-30-25-23-20-17-14-11-8-5-2/h16,19,24-26,30,53H,4-15,17-18,20-23,27-29,31-52H2,1-3H3/b19-16-,26-24-,30-25-. The summed E-state index contributed by atoms with van der Waals surface area (Å²) in [6.07, 6.45) is 59.8. The van der Waals surface area contributed by atoms with E-state index in [0.717, 1.165) is 70.6 Å². The fourth-order valence-corrected chi connectivity index (χ4v) is 7.76. The van der Waals surface area contributed by atoms with Gasteiger partial charge < -0.3 is 14.2 Å². The van der Waals surface area contributed by atoms with E-state index in [9.17, 15) is 14.4 Å². The Morgan fingerprint density at radius 2 is 0.581 bits per heavy atom. The molecule has 0 fully saturated rings. The van der Waals surface area contributed by atoms with Crippen LogP contribution >= 0.6 is 0 Å². The van der Waals surface area contributed by atoms with Crippen molar-refractivity contribution < 1.29 is 28.6 Å². The first-order valence-corrected chi connectivity index (χ1v) is 27.0. The van der Waals surface area contributed by atoms with Gasteiger partial charge in [-0.2, -0.15) is 0 Å². The van der Waals surface area contributed by atoms with Crippen LogP contribution in [0.2, 0.25) is 0 Å². The Morgan fingerprint density at radius 3 is 0.935 bits per heavy atom. The van der Waals surface area contributed by atoms with Crippen molar-refractivity contribution >= 4 is 17.9 Å². The Balaban J connectivity index is 4.31. The van der Waals surface area contributed by atoms with E-state index in [0.29, 0.717) is 19.3 Å². The first kappa shape index (κ1) is 59.6. The van der Waals surface area contributed by atoms with Gasteiger partial charge in [-0.05, 0) is 77.0 Å². The van der Waals surface area contributed by atoms with Gasteiger partial charge in [0.05, 0.1) is 0 Å². The molecule has 362 valence electrons. The third kappa shape index (κ3) is 48.7. The van der Waals surface area contributed by atoms with Crippen molar-refractivity contribution in [1.29, 1.82) is 0 Å². The number of hydrogen-bond acceptors (Lipinski definition) is 6. The lowest BCUT2D eigenvalue weighted by molar-refractivity contribution is -0.167. The third-order valence-corrected chi connectivity index (χ3v) is 11.9. The zero-order chi connectivity index (χ0) is 45.1. The molecular formula is C56H102O6. The number of unbranched alkanes of at least 4 members (excludes halogenated alkanes) is 32. The molecule has 0 saturated carbocycles. The number of esters is 3. The monoisotopic (exact) mass is 871 g/mol. The second-order valence-corrected chi connectivity index (χ2v) is 18.1. The minimum absolute atomic E-state index is 0.0739. The molecule has 0 bridgehead atoms. The lowest BCUT2D eigenvalue weighted by Crippen LogP contribution is -2.30. The van der Waals surface area contributed by atoms with E-state index >= 15 is 0 Å². The average Bonchev–Trinajstić information content (AvgIpc) is 3.27. The van der Waals surface area contributed by atoms with E-state index in [4.69, 9.17) is 14.2 Å². The summed E-state index contributed by atoms with van der Waals surface area (Å²) in [6, 6.07) is 0. The zero-order valence-corrected chi connectivity index (χ0v) is 41.4. The van der Waals surface area contributed by atoms with Crippen LogP contribution in [0.25, 0.3) is 0 Å². The fourth-order valence-electron chi connectivity index (χ4n) is 7.76. The van der Waals surface area contributed by atoms with Crippen molar-refractivity contribution in [3.05, 3.63) is 36.5 Å². The van der Waals surface area contributed by atoms with Crippen LogP contribution in [0.15, 0.2) is 36.5 Å². The molecule has 62 heavy (non-hydrogen) atoms. The quantitative estimate of drug-likeness (QED) is 0.0262. The molecule has 0 aromatic carbocycles. The maximum Gasteiger partial charge on any atom is 0.306 e. The molecule has 0 spiro atoms. The normalized spacial score (nSPS) is 12.2. The highest BCUT2D eigenvalue weighted by Crippen LogP contribution is 2.15. The predicted octanol–water partition coefficient (Wildman–Crippen LogP) is 17.7. The summed E-state index contributed by atoms with van der Waals surface area (Å²) in [7, 11) is 0. The largest absolute Gasteiger partial charge is 0.462 e. The van der Waals surface area contributed by atoms with Crippen LogP contribution in [0.4, 0.5) is 0 Å². The number of rotatable bonds is 49. The fraction of sp³-hybridized carbons (Fsp3) is 0.839. The summed E-state index contributed by atoms with van der Waals surface area (Å²) in [6.45, 7) is 6.61. The molecule has 0 rings (SSSR count). The van der Waals surface area contributed by atoms with Gasteiger partial charge in [0.2, 0.25) is 0 Å². The number of ether oxygens (including phenoxy) is 3. The van der Waals surface area contributed by atoms with E-state index in [2.05, 4.69) is 57.2 Å². The molecule has 6 nitrogen and oxygen atoms in total. The first-order chi connectivity index (χ1) is 30.5. The predicted molar refractivity (Wildman–Crippen MR) is 266 cm³/mol. The molecule has 0 aromatic heterocycles. The van der Waals surface area contributed by atoms with Gasteiger partial charge in [0.1, 0.15) is 13.2 Å². The van der Waals surface area contributed by atoms with Crippen LogP contribution in [0.3, 0.4) is 0 Å². The highest BCUT2D eigenvalue weighted by atomic mass is 16.6. The lowest BCUT2D eigenvalue weighted by atomic mass is 10.1. The molecule has 0 aliphatic rings. The summed E-state index contributed by atoms with van der Waals surface area (Å²) < 4.78 is 16.8. The number of hydrogen-bond donors (Lipinski definition) is 0. The van der Waals surface area contributed by atoms with E-state index < -0.39 is 6.10 Å². The van der Waals surface area contributed by atoms with Crippen molar-refractivity contribution in [1.82, 2.24) is 0 Å². The molecule has 0 heterocycles. The zero-order valence-electron chi connectivity index (χ0n) is 41.4.